The molecule has 2 aromatic rings. The Morgan fingerprint density at radius 3 is 2.52 bits per heavy atom. The second kappa shape index (κ2) is 8.47. The smallest absolute Gasteiger partial charge is 0.387 e. The number of hydrogen-bond acceptors (Lipinski definition) is 5. The number of alkyl halides is 2. The van der Waals surface area contributed by atoms with Gasteiger partial charge in [0.25, 0.3) is 0 Å². The lowest BCUT2D eigenvalue weighted by Crippen LogP contribution is -2.21. The molecule has 162 valence electrons. The predicted molar refractivity (Wildman–Crippen MR) is 113 cm³/mol. The Morgan fingerprint density at radius 2 is 1.90 bits per heavy atom. The van der Waals surface area contributed by atoms with E-state index in [4.69, 9.17) is 10.1 Å². The lowest BCUT2D eigenvalue weighted by atomic mass is 10.00. The topological polar surface area (TPSA) is 91.2 Å². The van der Waals surface area contributed by atoms with Gasteiger partial charge in [-0.05, 0) is 53.8 Å². The first kappa shape index (κ1) is 21.0. The van der Waals surface area contributed by atoms with Gasteiger partial charge in [0.05, 0.1) is 6.61 Å². The molecule has 0 bridgehead atoms. The van der Waals surface area contributed by atoms with Gasteiger partial charge in [-0.25, -0.2) is 0 Å². The van der Waals surface area contributed by atoms with Crippen LogP contribution in [0.2, 0.25) is 0 Å². The van der Waals surface area contributed by atoms with Crippen molar-refractivity contribution in [2.24, 2.45) is 10.9 Å². The molecule has 0 spiro atoms. The maximum atomic E-state index is 12.3. The van der Waals surface area contributed by atoms with Crippen molar-refractivity contribution in [3.05, 3.63) is 65.7 Å². The van der Waals surface area contributed by atoms with Gasteiger partial charge in [0.15, 0.2) is 0 Å². The van der Waals surface area contributed by atoms with E-state index in [1.54, 1.807) is 42.6 Å². The van der Waals surface area contributed by atoms with Crippen LogP contribution in [0.1, 0.15) is 29.9 Å². The molecule has 1 heterocycles. The number of hydrogen-bond donors (Lipinski definition) is 3. The molecular formula is C23H22F2N2O4. The SMILES string of the molecule is O=C(O)C(CO)c1ccc(NC23CC2CC=C(c2ccc(OC(F)F)cc2)C=N3)cc1. The highest BCUT2D eigenvalue weighted by Crippen LogP contribution is 2.51. The van der Waals surface area contributed by atoms with Crippen LogP contribution in [-0.4, -0.2) is 41.3 Å². The summed E-state index contributed by atoms with van der Waals surface area (Å²) in [6.07, 6.45) is 5.59. The number of carboxylic acids is 1. The second-order valence-electron chi connectivity index (χ2n) is 7.70. The van der Waals surface area contributed by atoms with Gasteiger partial charge in [-0.15, -0.1) is 0 Å². The Hall–Kier alpha value is -3.26. The average molecular weight is 428 g/mol. The molecule has 8 heteroatoms. The van der Waals surface area contributed by atoms with Crippen molar-refractivity contribution in [2.75, 3.05) is 11.9 Å². The standard InChI is InChI=1S/C23H22F2N2O4/c24-22(25)31-19-9-4-14(5-10-19)16-1-6-17-11-23(17,26-12-16)27-18-7-2-15(3-8-18)20(13-28)21(29)30/h1-5,7-10,12,17,20,22,27-28H,6,11,13H2,(H,29,30). The van der Waals surface area contributed by atoms with Crippen LogP contribution in [0.4, 0.5) is 14.5 Å². The molecule has 2 aromatic carbocycles. The molecule has 1 aliphatic carbocycles. The van der Waals surface area contributed by atoms with Crippen LogP contribution in [0.5, 0.6) is 5.75 Å². The first-order chi connectivity index (χ1) is 14.9. The van der Waals surface area contributed by atoms with E-state index in [2.05, 4.69) is 16.1 Å². The van der Waals surface area contributed by atoms with Crippen LogP contribution in [-0.2, 0) is 4.79 Å². The summed E-state index contributed by atoms with van der Waals surface area (Å²) in [4.78, 5) is 16.0. The fourth-order valence-corrected chi connectivity index (χ4v) is 3.84. The van der Waals surface area contributed by atoms with Crippen LogP contribution in [0.25, 0.3) is 5.57 Å². The third-order valence-corrected chi connectivity index (χ3v) is 5.70. The molecular weight excluding hydrogens is 406 g/mol. The van der Waals surface area contributed by atoms with Gasteiger partial charge in [0, 0.05) is 17.8 Å². The quantitative estimate of drug-likeness (QED) is 0.588. The molecule has 0 saturated heterocycles. The Labute approximate surface area is 177 Å². The van der Waals surface area contributed by atoms with Crippen molar-refractivity contribution >= 4 is 23.4 Å². The van der Waals surface area contributed by atoms with Crippen molar-refractivity contribution in [2.45, 2.75) is 31.0 Å². The van der Waals surface area contributed by atoms with Crippen molar-refractivity contribution < 1.29 is 28.5 Å². The van der Waals surface area contributed by atoms with Crippen LogP contribution < -0.4 is 10.1 Å². The van der Waals surface area contributed by atoms with Crippen molar-refractivity contribution in [3.8, 4) is 5.75 Å². The first-order valence-corrected chi connectivity index (χ1v) is 9.92. The molecule has 0 amide bonds. The summed E-state index contributed by atoms with van der Waals surface area (Å²) < 4.78 is 29.0. The molecule has 0 radical (unpaired) electrons. The lowest BCUT2D eigenvalue weighted by molar-refractivity contribution is -0.139. The number of allylic oxidation sites excluding steroid dienone is 2. The summed E-state index contributed by atoms with van der Waals surface area (Å²) in [6, 6.07) is 13.4. The number of anilines is 1. The van der Waals surface area contributed by atoms with Crippen molar-refractivity contribution in [3.63, 3.8) is 0 Å². The van der Waals surface area contributed by atoms with Crippen LogP contribution in [0.15, 0.2) is 59.6 Å². The summed E-state index contributed by atoms with van der Waals surface area (Å²) in [6.45, 7) is -3.31. The minimum Gasteiger partial charge on any atom is -0.481 e. The van der Waals surface area contributed by atoms with Gasteiger partial charge in [-0.3, -0.25) is 9.79 Å². The van der Waals surface area contributed by atoms with Gasteiger partial charge >= 0.3 is 12.6 Å². The third-order valence-electron chi connectivity index (χ3n) is 5.70. The highest BCUT2D eigenvalue weighted by atomic mass is 19.3. The zero-order valence-corrected chi connectivity index (χ0v) is 16.5. The Bertz CT molecular complexity index is 1010. The number of nitrogens with one attached hydrogen (secondary N) is 1. The summed E-state index contributed by atoms with van der Waals surface area (Å²) in [7, 11) is 0. The molecule has 3 unspecified atom stereocenters. The van der Waals surface area contributed by atoms with Crippen LogP contribution in [0.3, 0.4) is 0 Å². The Morgan fingerprint density at radius 1 is 1.19 bits per heavy atom. The van der Waals surface area contributed by atoms with E-state index in [1.165, 1.54) is 12.1 Å². The zero-order chi connectivity index (χ0) is 22.0. The van der Waals surface area contributed by atoms with Gasteiger partial charge in [-0.2, -0.15) is 8.78 Å². The minimum atomic E-state index is -2.85. The van der Waals surface area contributed by atoms with E-state index in [9.17, 15) is 18.7 Å². The normalized spacial score (nSPS) is 22.8. The molecule has 3 atom stereocenters. The van der Waals surface area contributed by atoms with Crippen LogP contribution in [0, 0.1) is 5.92 Å². The number of fused-ring (bicyclic) bond motifs is 1. The number of aliphatic carboxylic acids is 1. The molecule has 1 fully saturated rings. The molecule has 2 aliphatic rings. The van der Waals surface area contributed by atoms with Crippen LogP contribution >= 0.6 is 0 Å². The van der Waals surface area contributed by atoms with E-state index in [0.29, 0.717) is 11.5 Å². The van der Waals surface area contributed by atoms with E-state index in [1.807, 2.05) is 0 Å². The van der Waals surface area contributed by atoms with Gasteiger partial charge in [0.2, 0.25) is 0 Å². The molecule has 3 N–H and O–H groups in total. The van der Waals surface area contributed by atoms with E-state index >= 15 is 0 Å². The highest BCUT2D eigenvalue weighted by Gasteiger charge is 2.54. The second-order valence-corrected chi connectivity index (χ2v) is 7.70. The molecule has 6 nitrogen and oxygen atoms in total. The van der Waals surface area contributed by atoms with Gasteiger partial charge < -0.3 is 20.3 Å². The number of aliphatic imine (C=N–C) groups is 1. The van der Waals surface area contributed by atoms with Gasteiger partial charge in [0.1, 0.15) is 17.3 Å². The largest absolute Gasteiger partial charge is 0.481 e. The molecule has 4 rings (SSSR count). The van der Waals surface area contributed by atoms with E-state index in [-0.39, 0.29) is 5.75 Å². The maximum absolute atomic E-state index is 12.3. The van der Waals surface area contributed by atoms with E-state index < -0.39 is 30.8 Å². The molecule has 31 heavy (non-hydrogen) atoms. The number of aliphatic hydroxyl groups is 1. The number of benzene rings is 2. The number of nitrogens with zero attached hydrogens (tertiary/aromatic N) is 1. The highest BCUT2D eigenvalue weighted by molar-refractivity contribution is 6.10. The number of carbonyl (C=O) groups is 1. The molecule has 1 aliphatic heterocycles. The third kappa shape index (κ3) is 4.59. The fourth-order valence-electron chi connectivity index (χ4n) is 3.84. The number of ether oxygens (including phenoxy) is 1. The van der Waals surface area contributed by atoms with Crippen molar-refractivity contribution in [1.29, 1.82) is 0 Å². The number of carboxylic acid groups (broad SMARTS) is 1. The summed E-state index contributed by atoms with van der Waals surface area (Å²) in [5.74, 6) is -1.57. The first-order valence-electron chi connectivity index (χ1n) is 9.92. The minimum absolute atomic E-state index is 0.112. The number of rotatable bonds is 8. The Balaban J connectivity index is 1.44. The van der Waals surface area contributed by atoms with Gasteiger partial charge in [-0.1, -0.05) is 30.3 Å². The number of aliphatic hydroxyl groups excluding tert-OH is 1. The molecule has 0 aromatic heterocycles. The predicted octanol–water partition coefficient (Wildman–Crippen LogP) is 4.13. The monoisotopic (exact) mass is 428 g/mol. The van der Waals surface area contributed by atoms with E-state index in [0.717, 1.165) is 29.7 Å². The summed E-state index contributed by atoms with van der Waals surface area (Å²) in [5.41, 5.74) is 2.73. The van der Waals surface area contributed by atoms with Crippen molar-refractivity contribution in [1.82, 2.24) is 0 Å². The maximum Gasteiger partial charge on any atom is 0.387 e. The lowest BCUT2D eigenvalue weighted by Gasteiger charge is -2.17. The molecule has 1 saturated carbocycles. The zero-order valence-electron chi connectivity index (χ0n) is 16.5. The fraction of sp³-hybridized carbons (Fsp3) is 0.304. The number of halogens is 2. The average Bonchev–Trinajstić information content (AvgIpc) is 3.44. The Kier molecular flexibility index (Phi) is 5.73. The summed E-state index contributed by atoms with van der Waals surface area (Å²) >= 11 is 0. The summed E-state index contributed by atoms with van der Waals surface area (Å²) in [5, 5.41) is 21.9.